The maximum Gasteiger partial charge on any atom is 0.264 e. The van der Waals surface area contributed by atoms with Crippen molar-refractivity contribution in [2.24, 2.45) is 0 Å². The lowest BCUT2D eigenvalue weighted by Crippen LogP contribution is -2.27. The zero-order valence-corrected chi connectivity index (χ0v) is 18.0. The summed E-state index contributed by atoms with van der Waals surface area (Å²) in [4.78, 5) is 12.8. The number of amides is 1. The number of anilines is 2. The Hall–Kier alpha value is -3.32. The van der Waals surface area contributed by atoms with Gasteiger partial charge in [-0.25, -0.2) is 8.42 Å². The molecule has 1 amide bonds. The monoisotopic (exact) mass is 422 g/mol. The van der Waals surface area contributed by atoms with Gasteiger partial charge in [0.25, 0.3) is 15.9 Å². The number of fused-ring (bicyclic) bond motifs is 2. The Balaban J connectivity index is 1.76. The highest BCUT2D eigenvalue weighted by Gasteiger charge is 2.27. The van der Waals surface area contributed by atoms with E-state index in [2.05, 4.69) is 5.32 Å². The molecule has 1 aliphatic rings. The average molecular weight is 423 g/mol. The normalized spacial score (nSPS) is 12.9. The van der Waals surface area contributed by atoms with Crippen molar-refractivity contribution < 1.29 is 17.9 Å². The van der Waals surface area contributed by atoms with E-state index < -0.39 is 15.9 Å². The van der Waals surface area contributed by atoms with Gasteiger partial charge in [0.05, 0.1) is 21.8 Å². The highest BCUT2D eigenvalue weighted by atomic mass is 32.2. The number of rotatable bonds is 3. The number of nitrogens with one attached hydrogen (secondary N) is 1. The molecular weight excluding hydrogens is 400 g/mol. The van der Waals surface area contributed by atoms with E-state index in [9.17, 15) is 13.2 Å². The van der Waals surface area contributed by atoms with Crippen LogP contribution in [-0.2, 0) is 10.0 Å². The number of sulfonamides is 1. The lowest BCUT2D eigenvalue weighted by Gasteiger charge is -2.22. The third kappa shape index (κ3) is 3.41. The zero-order valence-electron chi connectivity index (χ0n) is 17.2. The van der Waals surface area contributed by atoms with Crippen LogP contribution in [0.25, 0.3) is 0 Å². The van der Waals surface area contributed by atoms with E-state index >= 15 is 0 Å². The van der Waals surface area contributed by atoms with Gasteiger partial charge in [-0.2, -0.15) is 0 Å². The van der Waals surface area contributed by atoms with Gasteiger partial charge in [0.15, 0.2) is 5.75 Å². The lowest BCUT2D eigenvalue weighted by atomic mass is 10.1. The Morgan fingerprint density at radius 2 is 1.57 bits per heavy atom. The molecule has 0 fully saturated rings. The second-order valence-electron chi connectivity index (χ2n) is 7.48. The van der Waals surface area contributed by atoms with Crippen LogP contribution in [0.4, 0.5) is 11.4 Å². The van der Waals surface area contributed by atoms with E-state index in [1.54, 1.807) is 6.07 Å². The van der Waals surface area contributed by atoms with E-state index in [1.165, 1.54) is 29.6 Å². The van der Waals surface area contributed by atoms with Gasteiger partial charge in [0, 0.05) is 7.05 Å². The summed E-state index contributed by atoms with van der Waals surface area (Å²) in [5.41, 5.74) is 4.08. The predicted octanol–water partition coefficient (Wildman–Crippen LogP) is 4.79. The van der Waals surface area contributed by atoms with Crippen LogP contribution < -0.4 is 14.4 Å². The van der Waals surface area contributed by atoms with Crippen LogP contribution >= 0.6 is 0 Å². The van der Waals surface area contributed by atoms with Crippen LogP contribution in [0.2, 0.25) is 0 Å². The highest BCUT2D eigenvalue weighted by Crippen LogP contribution is 2.37. The molecule has 0 atom stereocenters. The average Bonchev–Trinajstić information content (AvgIpc) is 2.84. The number of carbonyl (C=O) groups excluding carboxylic acids is 1. The summed E-state index contributed by atoms with van der Waals surface area (Å²) in [6.45, 7) is 5.70. The summed E-state index contributed by atoms with van der Waals surface area (Å²) in [6, 6.07) is 15.4. The molecule has 0 radical (unpaired) electrons. The van der Waals surface area contributed by atoms with Crippen molar-refractivity contribution in [1.29, 1.82) is 0 Å². The largest absolute Gasteiger partial charge is 0.454 e. The van der Waals surface area contributed by atoms with Gasteiger partial charge in [0.2, 0.25) is 0 Å². The van der Waals surface area contributed by atoms with E-state index in [0.717, 1.165) is 16.7 Å². The highest BCUT2D eigenvalue weighted by molar-refractivity contribution is 7.92. The number of benzene rings is 3. The maximum atomic E-state index is 13.3. The summed E-state index contributed by atoms with van der Waals surface area (Å²) in [5.74, 6) is 0.412. The van der Waals surface area contributed by atoms with Crippen LogP contribution in [0.15, 0.2) is 59.5 Å². The molecule has 4 rings (SSSR count). The molecular formula is C23H22N2O4S. The van der Waals surface area contributed by atoms with Crippen molar-refractivity contribution in [2.45, 2.75) is 25.7 Å². The fourth-order valence-corrected chi connectivity index (χ4v) is 4.69. The minimum atomic E-state index is -3.88. The van der Waals surface area contributed by atoms with E-state index in [4.69, 9.17) is 4.74 Å². The molecule has 30 heavy (non-hydrogen) atoms. The standard InChI is InChI=1S/C23H22N2O4S/c1-14-5-7-16(3)20(11-14)25(4)30(27,28)17-8-10-21-18(13-17)23(26)24-19-9-6-15(2)12-22(19)29-21/h5-13H,1-4H3,(H,24,26). The predicted molar refractivity (Wildman–Crippen MR) is 117 cm³/mol. The maximum absolute atomic E-state index is 13.3. The molecule has 0 bridgehead atoms. The fraction of sp³-hybridized carbons (Fsp3) is 0.174. The Bertz CT molecular complexity index is 1280. The van der Waals surface area contributed by atoms with Gasteiger partial charge >= 0.3 is 0 Å². The smallest absolute Gasteiger partial charge is 0.264 e. The summed E-state index contributed by atoms with van der Waals surface area (Å²) < 4.78 is 33.7. The minimum Gasteiger partial charge on any atom is -0.454 e. The Labute approximate surface area is 176 Å². The summed E-state index contributed by atoms with van der Waals surface area (Å²) >= 11 is 0. The van der Waals surface area contributed by atoms with Crippen LogP contribution in [0.1, 0.15) is 27.0 Å². The molecule has 1 N–H and O–H groups in total. The van der Waals surface area contributed by atoms with Gasteiger partial charge in [-0.3, -0.25) is 9.10 Å². The Morgan fingerprint density at radius 1 is 0.867 bits per heavy atom. The molecule has 3 aromatic rings. The molecule has 1 heterocycles. The van der Waals surface area contributed by atoms with Gasteiger partial charge in [-0.15, -0.1) is 0 Å². The molecule has 0 spiro atoms. The van der Waals surface area contributed by atoms with Crippen LogP contribution in [0.5, 0.6) is 11.5 Å². The molecule has 154 valence electrons. The zero-order chi connectivity index (χ0) is 21.6. The number of aryl methyl sites for hydroxylation is 3. The number of hydrogen-bond acceptors (Lipinski definition) is 4. The number of hydrogen-bond donors (Lipinski definition) is 1. The second-order valence-corrected chi connectivity index (χ2v) is 9.45. The van der Waals surface area contributed by atoms with E-state index in [1.807, 2.05) is 51.1 Å². The van der Waals surface area contributed by atoms with Gasteiger partial charge in [0.1, 0.15) is 5.75 Å². The van der Waals surface area contributed by atoms with E-state index in [0.29, 0.717) is 22.9 Å². The van der Waals surface area contributed by atoms with Crippen molar-refractivity contribution in [2.75, 3.05) is 16.7 Å². The molecule has 0 aromatic heterocycles. The summed E-state index contributed by atoms with van der Waals surface area (Å²) in [7, 11) is -2.36. The Morgan fingerprint density at radius 3 is 2.33 bits per heavy atom. The lowest BCUT2D eigenvalue weighted by molar-refractivity contribution is 0.102. The van der Waals surface area contributed by atoms with Gasteiger partial charge in [-0.1, -0.05) is 18.2 Å². The topological polar surface area (TPSA) is 75.7 Å². The quantitative estimate of drug-likeness (QED) is 0.658. The third-order valence-electron chi connectivity index (χ3n) is 5.16. The molecule has 0 saturated heterocycles. The van der Waals surface area contributed by atoms with Crippen molar-refractivity contribution in [3.05, 3.63) is 76.9 Å². The summed E-state index contributed by atoms with van der Waals surface area (Å²) in [6.07, 6.45) is 0. The molecule has 7 heteroatoms. The number of ether oxygens (including phenoxy) is 1. The molecule has 0 unspecified atom stereocenters. The van der Waals surface area contributed by atoms with Crippen LogP contribution in [0.3, 0.4) is 0 Å². The van der Waals surface area contributed by atoms with Crippen LogP contribution in [0, 0.1) is 20.8 Å². The minimum absolute atomic E-state index is 0.0190. The number of carbonyl (C=O) groups is 1. The Kier molecular flexibility index (Phi) is 4.78. The third-order valence-corrected chi connectivity index (χ3v) is 6.93. The van der Waals surface area contributed by atoms with Crippen LogP contribution in [-0.4, -0.2) is 21.4 Å². The fourth-order valence-electron chi connectivity index (χ4n) is 3.41. The first-order valence-electron chi connectivity index (χ1n) is 9.47. The second kappa shape index (κ2) is 7.18. The first-order chi connectivity index (χ1) is 14.2. The number of nitrogens with zero attached hydrogens (tertiary/aromatic N) is 1. The molecule has 3 aromatic carbocycles. The molecule has 0 saturated carbocycles. The SMILES string of the molecule is Cc1ccc2c(c1)Oc1ccc(S(=O)(=O)N(C)c3cc(C)ccc3C)cc1C(=O)N2. The molecule has 6 nitrogen and oxygen atoms in total. The summed E-state index contributed by atoms with van der Waals surface area (Å²) in [5, 5.41) is 2.79. The van der Waals surface area contributed by atoms with Crippen molar-refractivity contribution >= 4 is 27.3 Å². The van der Waals surface area contributed by atoms with Gasteiger partial charge < -0.3 is 10.1 Å². The molecule has 1 aliphatic heterocycles. The van der Waals surface area contributed by atoms with Crippen molar-refractivity contribution in [3.63, 3.8) is 0 Å². The van der Waals surface area contributed by atoms with Crippen molar-refractivity contribution in [1.82, 2.24) is 0 Å². The van der Waals surface area contributed by atoms with Crippen molar-refractivity contribution in [3.8, 4) is 11.5 Å². The van der Waals surface area contributed by atoms with Gasteiger partial charge in [-0.05, 0) is 73.9 Å². The first kappa shape index (κ1) is 20.0. The molecule has 0 aliphatic carbocycles. The van der Waals surface area contributed by atoms with E-state index in [-0.39, 0.29) is 10.5 Å². The first-order valence-corrected chi connectivity index (χ1v) is 10.9.